The number of hydrogen-bond acceptors (Lipinski definition) is 3. The number of carbonyl (C=O) groups is 2. The monoisotopic (exact) mass is 488 g/mol. The number of benzene rings is 4. The number of amides is 2. The molecule has 0 spiro atoms. The lowest BCUT2D eigenvalue weighted by atomic mass is 10.1. The first-order valence-corrected chi connectivity index (χ1v) is 11.3. The van der Waals surface area contributed by atoms with E-state index in [2.05, 4.69) is 10.6 Å². The van der Waals surface area contributed by atoms with Gasteiger partial charge >= 0.3 is 0 Å². The van der Waals surface area contributed by atoms with Gasteiger partial charge in [-0.3, -0.25) is 9.59 Å². The predicted octanol–water partition coefficient (Wildman–Crippen LogP) is 6.61. The van der Waals surface area contributed by atoms with Gasteiger partial charge < -0.3 is 15.4 Å². The molecular formula is C28H22ClFN2O3. The molecule has 0 bridgehead atoms. The van der Waals surface area contributed by atoms with Gasteiger partial charge in [0.2, 0.25) is 0 Å². The van der Waals surface area contributed by atoms with Crippen LogP contribution in [-0.2, 0) is 6.42 Å². The lowest BCUT2D eigenvalue weighted by molar-refractivity contribution is 0.101. The van der Waals surface area contributed by atoms with E-state index < -0.39 is 11.7 Å². The molecule has 0 aliphatic carbocycles. The molecule has 35 heavy (non-hydrogen) atoms. The van der Waals surface area contributed by atoms with Gasteiger partial charge in [0.05, 0.1) is 11.6 Å². The fraction of sp³-hybridized carbons (Fsp3) is 0.0714. The number of rotatable bonds is 8. The fourth-order valence-corrected chi connectivity index (χ4v) is 3.53. The van der Waals surface area contributed by atoms with Gasteiger partial charge in [-0.1, -0.05) is 48.0 Å². The summed E-state index contributed by atoms with van der Waals surface area (Å²) in [6, 6.07) is 27.3. The van der Waals surface area contributed by atoms with Crippen LogP contribution in [-0.4, -0.2) is 18.4 Å². The molecule has 0 saturated heterocycles. The number of halogens is 2. The van der Waals surface area contributed by atoms with Crippen LogP contribution >= 0.6 is 11.6 Å². The summed E-state index contributed by atoms with van der Waals surface area (Å²) in [5.41, 5.74) is 2.80. The summed E-state index contributed by atoms with van der Waals surface area (Å²) in [5.74, 6) is -0.623. The Morgan fingerprint density at radius 2 is 1.43 bits per heavy atom. The SMILES string of the molecule is O=C(Nc1cccc(C(=O)Nc2ccc(F)c(Cl)c2)c1)c1ccc(OCCc2ccccc2)cc1. The Kier molecular flexibility index (Phi) is 7.75. The molecule has 2 amide bonds. The average molecular weight is 489 g/mol. The second-order valence-corrected chi connectivity index (χ2v) is 8.13. The zero-order valence-corrected chi connectivity index (χ0v) is 19.4. The lowest BCUT2D eigenvalue weighted by Crippen LogP contribution is -2.14. The summed E-state index contributed by atoms with van der Waals surface area (Å²) in [7, 11) is 0. The lowest BCUT2D eigenvalue weighted by Gasteiger charge is -2.10. The van der Waals surface area contributed by atoms with Gasteiger partial charge in [-0.15, -0.1) is 0 Å². The van der Waals surface area contributed by atoms with Crippen molar-refractivity contribution in [2.45, 2.75) is 6.42 Å². The minimum absolute atomic E-state index is 0.0866. The molecule has 7 heteroatoms. The Morgan fingerprint density at radius 3 is 2.14 bits per heavy atom. The zero-order valence-electron chi connectivity index (χ0n) is 18.6. The van der Waals surface area contributed by atoms with Gasteiger partial charge in [-0.25, -0.2) is 4.39 Å². The van der Waals surface area contributed by atoms with Crippen LogP contribution in [0.15, 0.2) is 97.1 Å². The smallest absolute Gasteiger partial charge is 0.255 e. The highest BCUT2D eigenvalue weighted by molar-refractivity contribution is 6.31. The Labute approximate surface area is 207 Å². The van der Waals surface area contributed by atoms with Crippen LogP contribution < -0.4 is 15.4 Å². The topological polar surface area (TPSA) is 67.4 Å². The largest absolute Gasteiger partial charge is 0.493 e. The van der Waals surface area contributed by atoms with Crippen LogP contribution in [0.2, 0.25) is 5.02 Å². The molecule has 0 aliphatic heterocycles. The van der Waals surface area contributed by atoms with E-state index in [0.717, 1.165) is 6.42 Å². The predicted molar refractivity (Wildman–Crippen MR) is 136 cm³/mol. The molecule has 2 N–H and O–H groups in total. The van der Waals surface area contributed by atoms with E-state index in [1.54, 1.807) is 48.5 Å². The highest BCUT2D eigenvalue weighted by Crippen LogP contribution is 2.21. The third kappa shape index (κ3) is 6.68. The zero-order chi connectivity index (χ0) is 24.6. The maximum atomic E-state index is 13.3. The van der Waals surface area contributed by atoms with Crippen LogP contribution in [0.5, 0.6) is 5.75 Å². The molecule has 4 aromatic rings. The molecule has 0 saturated carbocycles. The minimum Gasteiger partial charge on any atom is -0.493 e. The van der Waals surface area contributed by atoms with Crippen LogP contribution in [0.25, 0.3) is 0 Å². The van der Waals surface area contributed by atoms with Crippen LogP contribution in [0.4, 0.5) is 15.8 Å². The number of carbonyl (C=O) groups excluding carboxylic acids is 2. The summed E-state index contributed by atoms with van der Waals surface area (Å²) in [5, 5.41) is 5.36. The summed E-state index contributed by atoms with van der Waals surface area (Å²) in [4.78, 5) is 25.2. The fourth-order valence-electron chi connectivity index (χ4n) is 3.35. The maximum absolute atomic E-state index is 13.3. The quantitative estimate of drug-likeness (QED) is 0.293. The standard InChI is InChI=1S/C28H22ClFN2O3/c29-25-18-23(11-14-26(25)30)32-28(34)21-7-4-8-22(17-21)31-27(33)20-9-12-24(13-10-20)35-16-15-19-5-2-1-3-6-19/h1-14,17-18H,15-16H2,(H,31,33)(H,32,34). The molecule has 0 fully saturated rings. The third-order valence-electron chi connectivity index (χ3n) is 5.18. The van der Waals surface area contributed by atoms with Gasteiger partial charge in [0.25, 0.3) is 11.8 Å². The Morgan fingerprint density at radius 1 is 0.743 bits per heavy atom. The van der Waals surface area contributed by atoms with E-state index in [9.17, 15) is 14.0 Å². The molecule has 0 aliphatic rings. The number of nitrogens with one attached hydrogen (secondary N) is 2. The second-order valence-electron chi connectivity index (χ2n) is 7.73. The van der Waals surface area contributed by atoms with Crippen molar-refractivity contribution in [1.82, 2.24) is 0 Å². The van der Waals surface area contributed by atoms with Crippen LogP contribution in [0.3, 0.4) is 0 Å². The van der Waals surface area contributed by atoms with E-state index in [1.807, 2.05) is 30.3 Å². The van der Waals surface area contributed by atoms with E-state index in [0.29, 0.717) is 34.9 Å². The highest BCUT2D eigenvalue weighted by Gasteiger charge is 2.11. The number of anilines is 2. The molecule has 0 heterocycles. The Hall–Kier alpha value is -4.16. The Balaban J connectivity index is 1.33. The van der Waals surface area contributed by atoms with Crippen molar-refractivity contribution in [3.8, 4) is 5.75 Å². The van der Waals surface area contributed by atoms with Gasteiger partial charge in [-0.2, -0.15) is 0 Å². The van der Waals surface area contributed by atoms with E-state index in [1.165, 1.54) is 23.8 Å². The molecule has 0 aromatic heterocycles. The molecule has 176 valence electrons. The molecule has 4 aromatic carbocycles. The van der Waals surface area contributed by atoms with Gasteiger partial charge in [0.1, 0.15) is 11.6 Å². The molecule has 5 nitrogen and oxygen atoms in total. The molecule has 0 atom stereocenters. The third-order valence-corrected chi connectivity index (χ3v) is 5.47. The van der Waals surface area contributed by atoms with Gasteiger partial charge in [-0.05, 0) is 66.2 Å². The molecule has 4 rings (SSSR count). The average Bonchev–Trinajstić information content (AvgIpc) is 2.87. The first-order valence-electron chi connectivity index (χ1n) is 10.9. The first-order chi connectivity index (χ1) is 17.0. The summed E-state index contributed by atoms with van der Waals surface area (Å²) in [6.07, 6.45) is 0.793. The van der Waals surface area contributed by atoms with E-state index in [4.69, 9.17) is 16.3 Å². The Bertz CT molecular complexity index is 1330. The minimum atomic E-state index is -0.568. The summed E-state index contributed by atoms with van der Waals surface area (Å²) >= 11 is 5.76. The van der Waals surface area contributed by atoms with Crippen molar-refractivity contribution in [1.29, 1.82) is 0 Å². The van der Waals surface area contributed by atoms with Crippen molar-refractivity contribution < 1.29 is 18.7 Å². The van der Waals surface area contributed by atoms with E-state index >= 15 is 0 Å². The highest BCUT2D eigenvalue weighted by atomic mass is 35.5. The van der Waals surface area contributed by atoms with Crippen molar-refractivity contribution >= 4 is 34.8 Å². The molecule has 0 unspecified atom stereocenters. The first kappa shape index (κ1) is 24.0. The van der Waals surface area contributed by atoms with Crippen molar-refractivity contribution in [2.24, 2.45) is 0 Å². The van der Waals surface area contributed by atoms with Gasteiger partial charge in [0, 0.05) is 28.9 Å². The maximum Gasteiger partial charge on any atom is 0.255 e. The van der Waals surface area contributed by atoms with Crippen molar-refractivity contribution in [2.75, 3.05) is 17.2 Å². The normalized spacial score (nSPS) is 10.5. The van der Waals surface area contributed by atoms with Crippen LogP contribution in [0.1, 0.15) is 26.3 Å². The number of ether oxygens (including phenoxy) is 1. The summed E-state index contributed by atoms with van der Waals surface area (Å²) < 4.78 is 19.1. The van der Waals surface area contributed by atoms with E-state index in [-0.39, 0.29) is 10.9 Å². The molecular weight excluding hydrogens is 467 g/mol. The molecule has 0 radical (unpaired) electrons. The second kappa shape index (κ2) is 11.3. The van der Waals surface area contributed by atoms with Crippen molar-refractivity contribution in [3.05, 3.63) is 125 Å². The van der Waals surface area contributed by atoms with Crippen molar-refractivity contribution in [3.63, 3.8) is 0 Å². The van der Waals surface area contributed by atoms with Gasteiger partial charge in [0.15, 0.2) is 0 Å². The summed E-state index contributed by atoms with van der Waals surface area (Å²) in [6.45, 7) is 0.536. The van der Waals surface area contributed by atoms with Crippen LogP contribution in [0, 0.1) is 5.82 Å². The number of hydrogen-bond donors (Lipinski definition) is 2.